The van der Waals surface area contributed by atoms with E-state index in [0.29, 0.717) is 0 Å². The molecule has 0 aliphatic carbocycles. The van der Waals surface area contributed by atoms with E-state index in [4.69, 9.17) is 4.74 Å². The number of carbonyl (C=O) groups is 1. The molecule has 0 spiro atoms. The average Bonchev–Trinajstić information content (AvgIpc) is 2.86. The summed E-state index contributed by atoms with van der Waals surface area (Å²) in [5.74, 6) is -0.570. The fourth-order valence-electron chi connectivity index (χ4n) is 1.71. The van der Waals surface area contributed by atoms with Crippen molar-refractivity contribution >= 4 is 11.7 Å². The maximum atomic E-state index is 11.9. The van der Waals surface area contributed by atoms with E-state index in [1.165, 1.54) is 23.0 Å². The summed E-state index contributed by atoms with van der Waals surface area (Å²) >= 11 is 0. The fourth-order valence-corrected chi connectivity index (χ4v) is 1.71. The third-order valence-electron chi connectivity index (χ3n) is 2.52. The summed E-state index contributed by atoms with van der Waals surface area (Å²) in [5.41, 5.74) is -0.323. The Balaban J connectivity index is 2.33. The molecule has 0 atom stereocenters. The normalized spacial score (nSPS) is 11.2. The van der Waals surface area contributed by atoms with Crippen LogP contribution in [0.1, 0.15) is 31.3 Å². The summed E-state index contributed by atoms with van der Waals surface area (Å²) in [4.78, 5) is 22.4. The summed E-state index contributed by atoms with van der Waals surface area (Å²) in [5, 5.41) is 15.0. The van der Waals surface area contributed by atoms with Gasteiger partial charge in [0.15, 0.2) is 5.69 Å². The zero-order valence-electron chi connectivity index (χ0n) is 11.9. The van der Waals surface area contributed by atoms with E-state index < -0.39 is 16.5 Å². The highest BCUT2D eigenvalue weighted by molar-refractivity contribution is 5.87. The Morgan fingerprint density at radius 3 is 2.57 bits per heavy atom. The molecule has 2 rings (SSSR count). The standard InChI is InChI=1S/C14H15N3O4/c1-14(2,3)21-13(18)10-8-9-16(15-10)11-6-4-5-7-12(11)17(19)20/h4-9H,1-3H3. The summed E-state index contributed by atoms with van der Waals surface area (Å²) in [6.45, 7) is 5.26. The van der Waals surface area contributed by atoms with E-state index in [0.717, 1.165) is 0 Å². The Hall–Kier alpha value is -2.70. The lowest BCUT2D eigenvalue weighted by Crippen LogP contribution is -2.24. The van der Waals surface area contributed by atoms with Crippen molar-refractivity contribution in [2.75, 3.05) is 0 Å². The summed E-state index contributed by atoms with van der Waals surface area (Å²) in [6.07, 6.45) is 1.49. The molecular weight excluding hydrogens is 274 g/mol. The van der Waals surface area contributed by atoms with E-state index in [1.807, 2.05) is 0 Å². The van der Waals surface area contributed by atoms with Crippen molar-refractivity contribution in [3.63, 3.8) is 0 Å². The average molecular weight is 289 g/mol. The molecule has 0 aliphatic heterocycles. The van der Waals surface area contributed by atoms with Crippen molar-refractivity contribution in [1.29, 1.82) is 0 Å². The van der Waals surface area contributed by atoms with Crippen LogP contribution in [0.3, 0.4) is 0 Å². The van der Waals surface area contributed by atoms with Crippen molar-refractivity contribution in [3.05, 3.63) is 52.3 Å². The minimum atomic E-state index is -0.625. The van der Waals surface area contributed by atoms with E-state index in [9.17, 15) is 14.9 Å². The fraction of sp³-hybridized carbons (Fsp3) is 0.286. The zero-order chi connectivity index (χ0) is 15.6. The van der Waals surface area contributed by atoms with Gasteiger partial charge in [0.1, 0.15) is 11.3 Å². The van der Waals surface area contributed by atoms with Gasteiger partial charge in [-0.15, -0.1) is 0 Å². The molecule has 21 heavy (non-hydrogen) atoms. The number of esters is 1. The zero-order valence-corrected chi connectivity index (χ0v) is 11.9. The molecule has 7 heteroatoms. The minimum absolute atomic E-state index is 0.0867. The van der Waals surface area contributed by atoms with E-state index >= 15 is 0 Å². The molecule has 1 aromatic carbocycles. The van der Waals surface area contributed by atoms with Crippen LogP contribution in [0.15, 0.2) is 36.5 Å². The number of ether oxygens (including phenoxy) is 1. The van der Waals surface area contributed by atoms with Crippen molar-refractivity contribution in [3.8, 4) is 5.69 Å². The molecule has 0 amide bonds. The van der Waals surface area contributed by atoms with Gasteiger partial charge in [0, 0.05) is 12.3 Å². The van der Waals surface area contributed by atoms with Gasteiger partial charge in [-0.25, -0.2) is 9.48 Å². The van der Waals surface area contributed by atoms with Gasteiger partial charge in [0.25, 0.3) is 5.69 Å². The first-order valence-electron chi connectivity index (χ1n) is 6.31. The quantitative estimate of drug-likeness (QED) is 0.492. The second-order valence-electron chi connectivity index (χ2n) is 5.39. The van der Waals surface area contributed by atoms with Gasteiger partial charge in [-0.3, -0.25) is 10.1 Å². The van der Waals surface area contributed by atoms with Crippen LogP contribution < -0.4 is 0 Å². The Morgan fingerprint density at radius 1 is 1.29 bits per heavy atom. The van der Waals surface area contributed by atoms with Gasteiger partial charge in [-0.2, -0.15) is 5.10 Å². The van der Waals surface area contributed by atoms with Crippen LogP contribution in [0.25, 0.3) is 5.69 Å². The lowest BCUT2D eigenvalue weighted by molar-refractivity contribution is -0.384. The Kier molecular flexibility index (Phi) is 3.75. The number of nitro groups is 1. The third-order valence-corrected chi connectivity index (χ3v) is 2.52. The molecule has 0 saturated carbocycles. The van der Waals surface area contributed by atoms with Gasteiger partial charge in [-0.1, -0.05) is 12.1 Å². The number of nitrogens with zero attached hydrogens (tertiary/aromatic N) is 3. The summed E-state index contributed by atoms with van der Waals surface area (Å²) in [7, 11) is 0. The lowest BCUT2D eigenvalue weighted by atomic mass is 10.2. The van der Waals surface area contributed by atoms with E-state index in [1.54, 1.807) is 39.0 Å². The molecule has 110 valence electrons. The first-order chi connectivity index (χ1) is 9.78. The highest BCUT2D eigenvalue weighted by Gasteiger charge is 2.21. The highest BCUT2D eigenvalue weighted by atomic mass is 16.6. The monoisotopic (exact) mass is 289 g/mol. The van der Waals surface area contributed by atoms with Crippen LogP contribution in [0.2, 0.25) is 0 Å². The van der Waals surface area contributed by atoms with Crippen LogP contribution in [-0.2, 0) is 4.74 Å². The second-order valence-corrected chi connectivity index (χ2v) is 5.39. The topological polar surface area (TPSA) is 87.3 Å². The molecule has 0 saturated heterocycles. The van der Waals surface area contributed by atoms with Crippen LogP contribution >= 0.6 is 0 Å². The van der Waals surface area contributed by atoms with Gasteiger partial charge in [0.05, 0.1) is 4.92 Å². The van der Waals surface area contributed by atoms with E-state index in [2.05, 4.69) is 5.10 Å². The largest absolute Gasteiger partial charge is 0.455 e. The summed E-state index contributed by atoms with van der Waals surface area (Å²) in [6, 6.07) is 7.63. The first-order valence-corrected chi connectivity index (χ1v) is 6.31. The molecule has 7 nitrogen and oxygen atoms in total. The molecule has 0 radical (unpaired) electrons. The van der Waals surface area contributed by atoms with Crippen LogP contribution in [0, 0.1) is 10.1 Å². The highest BCUT2D eigenvalue weighted by Crippen LogP contribution is 2.22. The number of hydrogen-bond acceptors (Lipinski definition) is 5. The summed E-state index contributed by atoms with van der Waals surface area (Å²) < 4.78 is 6.49. The second kappa shape index (κ2) is 5.35. The lowest BCUT2D eigenvalue weighted by Gasteiger charge is -2.18. The molecule has 1 aromatic heterocycles. The number of carbonyl (C=O) groups excluding carboxylic acids is 1. The molecule has 0 fully saturated rings. The number of rotatable bonds is 3. The van der Waals surface area contributed by atoms with Crippen LogP contribution in [0.5, 0.6) is 0 Å². The Morgan fingerprint density at radius 2 is 1.95 bits per heavy atom. The molecule has 1 heterocycles. The number of para-hydroxylation sites is 2. The van der Waals surface area contributed by atoms with Crippen LogP contribution in [-0.4, -0.2) is 26.3 Å². The Bertz CT molecular complexity index is 686. The smallest absolute Gasteiger partial charge is 0.359 e. The molecule has 0 N–H and O–H groups in total. The Labute approximate surface area is 121 Å². The number of aromatic nitrogens is 2. The van der Waals surface area contributed by atoms with Crippen molar-refractivity contribution in [2.24, 2.45) is 0 Å². The van der Waals surface area contributed by atoms with Gasteiger partial charge in [0.2, 0.25) is 0 Å². The van der Waals surface area contributed by atoms with Gasteiger partial charge >= 0.3 is 5.97 Å². The predicted octanol–water partition coefficient (Wildman–Crippen LogP) is 2.74. The maximum absolute atomic E-state index is 11.9. The third kappa shape index (κ3) is 3.44. The predicted molar refractivity (Wildman–Crippen MR) is 75.4 cm³/mol. The number of nitro benzene ring substituents is 1. The minimum Gasteiger partial charge on any atom is -0.455 e. The number of hydrogen-bond donors (Lipinski definition) is 0. The molecule has 0 unspecified atom stereocenters. The van der Waals surface area contributed by atoms with Crippen molar-refractivity contribution in [1.82, 2.24) is 9.78 Å². The molecule has 0 bridgehead atoms. The van der Waals surface area contributed by atoms with Gasteiger partial charge < -0.3 is 4.74 Å². The molecular formula is C14H15N3O4. The van der Waals surface area contributed by atoms with Gasteiger partial charge in [-0.05, 0) is 32.9 Å². The van der Waals surface area contributed by atoms with Crippen molar-refractivity contribution in [2.45, 2.75) is 26.4 Å². The van der Waals surface area contributed by atoms with E-state index in [-0.39, 0.29) is 17.1 Å². The maximum Gasteiger partial charge on any atom is 0.359 e. The molecule has 0 aliphatic rings. The first kappa shape index (κ1) is 14.7. The number of benzene rings is 1. The molecule has 2 aromatic rings. The van der Waals surface area contributed by atoms with Crippen LogP contribution in [0.4, 0.5) is 5.69 Å². The SMILES string of the molecule is CC(C)(C)OC(=O)c1ccn(-c2ccccc2[N+](=O)[O-])n1. The van der Waals surface area contributed by atoms with Crippen molar-refractivity contribution < 1.29 is 14.5 Å².